The molecule has 1 saturated carbocycles. The number of carbonyl (C=O) groups is 1. The van der Waals surface area contributed by atoms with E-state index >= 15 is 0 Å². The summed E-state index contributed by atoms with van der Waals surface area (Å²) >= 11 is 0. The normalized spacial score (nSPS) is 19.8. The molecule has 1 aliphatic carbocycles. The molecule has 2 nitrogen and oxygen atoms in total. The first-order valence-corrected chi connectivity index (χ1v) is 7.14. The fourth-order valence-corrected chi connectivity index (χ4v) is 3.39. The molecule has 104 valence electrons. The van der Waals surface area contributed by atoms with E-state index in [2.05, 4.69) is 45.1 Å². The zero-order valence-electron chi connectivity index (χ0n) is 12.5. The topological polar surface area (TPSA) is 29.1 Å². The van der Waals surface area contributed by atoms with Crippen LogP contribution in [0, 0.1) is 16.7 Å². The molecule has 0 unspecified atom stereocenters. The number of anilines is 1. The SMILES string of the molecule is CC1(C)C(C(=O)Nc2cccc3ccccc23)C1(C)C. The Bertz CT molecular complexity index is 665. The fourth-order valence-electron chi connectivity index (χ4n) is 3.39. The molecular weight excluding hydrogens is 246 g/mol. The minimum Gasteiger partial charge on any atom is -0.325 e. The Morgan fingerprint density at radius 3 is 2.20 bits per heavy atom. The molecule has 0 atom stereocenters. The number of nitrogens with one attached hydrogen (secondary N) is 1. The van der Waals surface area contributed by atoms with Crippen LogP contribution >= 0.6 is 0 Å². The summed E-state index contributed by atoms with van der Waals surface area (Å²) in [7, 11) is 0. The van der Waals surface area contributed by atoms with E-state index in [0.717, 1.165) is 16.5 Å². The first kappa shape index (κ1) is 13.2. The Morgan fingerprint density at radius 1 is 0.950 bits per heavy atom. The van der Waals surface area contributed by atoms with Crippen LogP contribution in [-0.4, -0.2) is 5.91 Å². The van der Waals surface area contributed by atoms with Gasteiger partial charge < -0.3 is 5.32 Å². The van der Waals surface area contributed by atoms with Gasteiger partial charge in [-0.15, -0.1) is 0 Å². The van der Waals surface area contributed by atoms with Crippen molar-refractivity contribution in [2.75, 3.05) is 5.32 Å². The van der Waals surface area contributed by atoms with Crippen molar-refractivity contribution >= 4 is 22.4 Å². The molecule has 1 fully saturated rings. The van der Waals surface area contributed by atoms with Crippen molar-refractivity contribution in [1.82, 2.24) is 0 Å². The van der Waals surface area contributed by atoms with Crippen molar-refractivity contribution in [3.63, 3.8) is 0 Å². The fraction of sp³-hybridized carbons (Fsp3) is 0.389. The highest BCUT2D eigenvalue weighted by Crippen LogP contribution is 2.68. The molecule has 0 aliphatic heterocycles. The zero-order chi connectivity index (χ0) is 14.5. The number of fused-ring (bicyclic) bond motifs is 1. The molecule has 0 radical (unpaired) electrons. The van der Waals surface area contributed by atoms with Crippen molar-refractivity contribution in [2.24, 2.45) is 16.7 Å². The van der Waals surface area contributed by atoms with Gasteiger partial charge in [0.2, 0.25) is 5.91 Å². The van der Waals surface area contributed by atoms with Gasteiger partial charge in [0.05, 0.1) is 0 Å². The van der Waals surface area contributed by atoms with Gasteiger partial charge in [0.1, 0.15) is 0 Å². The molecule has 2 aromatic carbocycles. The molecular formula is C18H21NO. The molecule has 1 amide bonds. The lowest BCUT2D eigenvalue weighted by molar-refractivity contribution is -0.118. The Kier molecular flexibility index (Phi) is 2.69. The molecule has 3 rings (SSSR count). The van der Waals surface area contributed by atoms with Gasteiger partial charge in [-0.1, -0.05) is 64.1 Å². The lowest BCUT2D eigenvalue weighted by Gasteiger charge is -2.09. The second kappa shape index (κ2) is 4.08. The quantitative estimate of drug-likeness (QED) is 0.855. The van der Waals surface area contributed by atoms with E-state index in [-0.39, 0.29) is 22.7 Å². The highest BCUT2D eigenvalue weighted by atomic mass is 16.2. The molecule has 0 saturated heterocycles. The summed E-state index contributed by atoms with van der Waals surface area (Å²) in [5.74, 6) is 0.213. The van der Waals surface area contributed by atoms with Crippen LogP contribution in [0.1, 0.15) is 27.7 Å². The average Bonchev–Trinajstić information content (AvgIpc) is 2.80. The minimum atomic E-state index is 0.0711. The summed E-state index contributed by atoms with van der Waals surface area (Å²) in [5.41, 5.74) is 1.05. The van der Waals surface area contributed by atoms with Crippen LogP contribution in [0.4, 0.5) is 5.69 Å². The number of benzene rings is 2. The molecule has 1 aliphatic rings. The van der Waals surface area contributed by atoms with Crippen LogP contribution in [0.2, 0.25) is 0 Å². The van der Waals surface area contributed by atoms with Crippen LogP contribution < -0.4 is 5.32 Å². The number of carbonyl (C=O) groups excluding carboxylic acids is 1. The lowest BCUT2D eigenvalue weighted by atomic mass is 10.0. The van der Waals surface area contributed by atoms with E-state index in [0.29, 0.717) is 0 Å². The number of hydrogen-bond donors (Lipinski definition) is 1. The molecule has 1 N–H and O–H groups in total. The number of hydrogen-bond acceptors (Lipinski definition) is 1. The van der Waals surface area contributed by atoms with E-state index in [1.807, 2.05) is 30.3 Å². The number of amides is 1. The predicted octanol–water partition coefficient (Wildman–Crippen LogP) is 4.46. The van der Waals surface area contributed by atoms with E-state index in [9.17, 15) is 4.79 Å². The highest BCUT2D eigenvalue weighted by molar-refractivity contribution is 6.04. The maximum Gasteiger partial charge on any atom is 0.228 e. The van der Waals surface area contributed by atoms with Gasteiger partial charge in [0.15, 0.2) is 0 Å². The van der Waals surface area contributed by atoms with E-state index in [4.69, 9.17) is 0 Å². The molecule has 0 heterocycles. The summed E-state index contributed by atoms with van der Waals surface area (Å²) in [6, 6.07) is 14.2. The monoisotopic (exact) mass is 267 g/mol. The third-order valence-corrected chi connectivity index (χ3v) is 5.33. The Labute approximate surface area is 120 Å². The molecule has 2 aromatic rings. The molecule has 2 heteroatoms. The van der Waals surface area contributed by atoms with Gasteiger partial charge in [-0.25, -0.2) is 0 Å². The molecule has 0 spiro atoms. The third kappa shape index (κ3) is 1.75. The highest BCUT2D eigenvalue weighted by Gasteiger charge is 2.68. The largest absolute Gasteiger partial charge is 0.325 e. The minimum absolute atomic E-state index is 0.0711. The van der Waals surface area contributed by atoms with Crippen LogP contribution in [0.5, 0.6) is 0 Å². The lowest BCUT2D eigenvalue weighted by Crippen LogP contribution is -2.17. The second-order valence-electron chi connectivity index (χ2n) is 6.89. The Morgan fingerprint density at radius 2 is 1.55 bits per heavy atom. The molecule has 0 aromatic heterocycles. The second-order valence-corrected chi connectivity index (χ2v) is 6.89. The van der Waals surface area contributed by atoms with Crippen molar-refractivity contribution in [2.45, 2.75) is 27.7 Å². The smallest absolute Gasteiger partial charge is 0.228 e. The van der Waals surface area contributed by atoms with E-state index in [1.54, 1.807) is 0 Å². The van der Waals surface area contributed by atoms with Crippen LogP contribution in [0.3, 0.4) is 0 Å². The van der Waals surface area contributed by atoms with Gasteiger partial charge in [-0.3, -0.25) is 4.79 Å². The third-order valence-electron chi connectivity index (χ3n) is 5.33. The maximum atomic E-state index is 12.5. The summed E-state index contributed by atoms with van der Waals surface area (Å²) in [4.78, 5) is 12.5. The van der Waals surface area contributed by atoms with Gasteiger partial charge in [-0.05, 0) is 22.3 Å². The van der Waals surface area contributed by atoms with Crippen molar-refractivity contribution in [1.29, 1.82) is 0 Å². The Hall–Kier alpha value is -1.83. The van der Waals surface area contributed by atoms with Gasteiger partial charge in [0, 0.05) is 17.0 Å². The molecule has 0 bridgehead atoms. The van der Waals surface area contributed by atoms with Gasteiger partial charge >= 0.3 is 0 Å². The first-order valence-electron chi connectivity index (χ1n) is 7.14. The summed E-state index contributed by atoms with van der Waals surface area (Å²) in [5, 5.41) is 5.37. The van der Waals surface area contributed by atoms with Crippen molar-refractivity contribution in [3.8, 4) is 0 Å². The van der Waals surface area contributed by atoms with Crippen molar-refractivity contribution < 1.29 is 4.79 Å². The maximum absolute atomic E-state index is 12.5. The first-order chi connectivity index (χ1) is 9.35. The summed E-state index contributed by atoms with van der Waals surface area (Å²) in [6.45, 7) is 8.67. The molecule has 20 heavy (non-hydrogen) atoms. The zero-order valence-corrected chi connectivity index (χ0v) is 12.5. The van der Waals surface area contributed by atoms with Gasteiger partial charge in [-0.2, -0.15) is 0 Å². The van der Waals surface area contributed by atoms with E-state index in [1.165, 1.54) is 0 Å². The Balaban J connectivity index is 1.90. The predicted molar refractivity (Wildman–Crippen MR) is 83.6 cm³/mol. The van der Waals surface area contributed by atoms with Gasteiger partial charge in [0.25, 0.3) is 0 Å². The van der Waals surface area contributed by atoms with Crippen LogP contribution in [0.15, 0.2) is 42.5 Å². The van der Waals surface area contributed by atoms with E-state index < -0.39 is 0 Å². The summed E-state index contributed by atoms with van der Waals surface area (Å²) in [6.07, 6.45) is 0. The summed E-state index contributed by atoms with van der Waals surface area (Å²) < 4.78 is 0. The average molecular weight is 267 g/mol. The van der Waals surface area contributed by atoms with Crippen LogP contribution in [0.25, 0.3) is 10.8 Å². The number of rotatable bonds is 2. The van der Waals surface area contributed by atoms with Crippen LogP contribution in [-0.2, 0) is 4.79 Å². The standard InChI is InChI=1S/C18H21NO/c1-17(2)15(18(17,3)4)16(20)19-14-11-7-9-12-8-5-6-10-13(12)14/h5-11,15H,1-4H3,(H,19,20). The van der Waals surface area contributed by atoms with Crippen molar-refractivity contribution in [3.05, 3.63) is 42.5 Å².